The lowest BCUT2D eigenvalue weighted by Crippen LogP contribution is -2.16. The molecule has 2 rings (SSSR count). The predicted molar refractivity (Wildman–Crippen MR) is 96.3 cm³/mol. The fourth-order valence-corrected chi connectivity index (χ4v) is 2.11. The van der Waals surface area contributed by atoms with Crippen molar-refractivity contribution in [3.63, 3.8) is 0 Å². The van der Waals surface area contributed by atoms with Crippen molar-refractivity contribution in [2.75, 3.05) is 10.6 Å². The van der Waals surface area contributed by atoms with E-state index in [1.165, 1.54) is 25.3 Å². The first-order chi connectivity index (χ1) is 12.5. The highest BCUT2D eigenvalue weighted by Gasteiger charge is 2.09. The number of carbonyl (C=O) groups is 2. The Kier molecular flexibility index (Phi) is 6.46. The molecule has 0 heterocycles. The van der Waals surface area contributed by atoms with E-state index in [2.05, 4.69) is 16.0 Å². The Labute approximate surface area is 150 Å². The zero-order valence-electron chi connectivity index (χ0n) is 14.0. The normalized spacial score (nSPS) is 10.6. The summed E-state index contributed by atoms with van der Waals surface area (Å²) in [5, 5.41) is 17.2. The number of hydrogen-bond donors (Lipinski definition) is 3. The summed E-state index contributed by atoms with van der Waals surface area (Å²) in [7, 11) is 0. The Morgan fingerprint density at radius 2 is 1.77 bits per heavy atom. The minimum absolute atomic E-state index is 0.118. The molecule has 0 spiro atoms. The van der Waals surface area contributed by atoms with E-state index in [1.807, 2.05) is 6.07 Å². The van der Waals surface area contributed by atoms with Crippen LogP contribution in [-0.2, 0) is 16.1 Å². The summed E-state index contributed by atoms with van der Waals surface area (Å²) in [6.07, 6.45) is 1.28. The van der Waals surface area contributed by atoms with Crippen molar-refractivity contribution >= 4 is 23.2 Å². The number of hydrogen-bond acceptors (Lipinski definition) is 4. The van der Waals surface area contributed by atoms with Gasteiger partial charge in [0.05, 0.1) is 0 Å². The van der Waals surface area contributed by atoms with E-state index >= 15 is 0 Å². The molecule has 2 aromatic rings. The number of anilines is 2. The van der Waals surface area contributed by atoms with Crippen LogP contribution in [0.3, 0.4) is 0 Å². The van der Waals surface area contributed by atoms with Crippen LogP contribution < -0.4 is 16.0 Å². The van der Waals surface area contributed by atoms with Crippen molar-refractivity contribution in [3.05, 3.63) is 71.7 Å². The standard InChI is InChI=1S/C19H17FN4O2/c1-13(25)23-17-5-7-18(8-6-17)24-19(26)15(10-21)12-22-11-14-3-2-4-16(20)9-14/h2-9,12,22H,11H2,1H3,(H,23,25)(H,24,26)/b15-12-. The zero-order valence-corrected chi connectivity index (χ0v) is 14.0. The van der Waals surface area contributed by atoms with Crippen LogP contribution in [0, 0.1) is 17.1 Å². The van der Waals surface area contributed by atoms with Crippen LogP contribution in [-0.4, -0.2) is 11.8 Å². The number of rotatable bonds is 6. The Hall–Kier alpha value is -3.66. The van der Waals surface area contributed by atoms with Crippen LogP contribution in [0.2, 0.25) is 0 Å². The second-order valence-electron chi connectivity index (χ2n) is 5.39. The third-order valence-corrected chi connectivity index (χ3v) is 3.27. The Morgan fingerprint density at radius 1 is 1.12 bits per heavy atom. The van der Waals surface area contributed by atoms with E-state index in [0.717, 1.165) is 0 Å². The molecule has 132 valence electrons. The van der Waals surface area contributed by atoms with Gasteiger partial charge in [-0.2, -0.15) is 5.26 Å². The quantitative estimate of drug-likeness (QED) is 0.550. The molecule has 0 aromatic heterocycles. The Balaban J connectivity index is 1.95. The van der Waals surface area contributed by atoms with Crippen LogP contribution >= 0.6 is 0 Å². The molecule has 0 aliphatic heterocycles. The SMILES string of the molecule is CC(=O)Nc1ccc(NC(=O)/C(C#N)=C\NCc2cccc(F)c2)cc1. The van der Waals surface area contributed by atoms with Gasteiger partial charge in [0.1, 0.15) is 17.5 Å². The number of nitrogens with zero attached hydrogens (tertiary/aromatic N) is 1. The molecule has 0 aliphatic rings. The molecule has 26 heavy (non-hydrogen) atoms. The fraction of sp³-hybridized carbons (Fsp3) is 0.105. The van der Waals surface area contributed by atoms with Crippen molar-refractivity contribution in [1.29, 1.82) is 5.26 Å². The maximum atomic E-state index is 13.1. The smallest absolute Gasteiger partial charge is 0.267 e. The summed E-state index contributed by atoms with van der Waals surface area (Å²) in [6, 6.07) is 14.3. The van der Waals surface area contributed by atoms with E-state index in [0.29, 0.717) is 16.9 Å². The Morgan fingerprint density at radius 3 is 2.35 bits per heavy atom. The fourth-order valence-electron chi connectivity index (χ4n) is 2.11. The monoisotopic (exact) mass is 352 g/mol. The van der Waals surface area contributed by atoms with E-state index in [-0.39, 0.29) is 23.8 Å². The summed E-state index contributed by atoms with van der Waals surface area (Å²) in [4.78, 5) is 23.1. The average molecular weight is 352 g/mol. The summed E-state index contributed by atoms with van der Waals surface area (Å²) >= 11 is 0. The maximum Gasteiger partial charge on any atom is 0.267 e. The maximum absolute atomic E-state index is 13.1. The highest BCUT2D eigenvalue weighted by atomic mass is 19.1. The van der Waals surface area contributed by atoms with Crippen LogP contribution in [0.25, 0.3) is 0 Å². The van der Waals surface area contributed by atoms with Gasteiger partial charge in [0.15, 0.2) is 0 Å². The van der Waals surface area contributed by atoms with Gasteiger partial charge < -0.3 is 16.0 Å². The second kappa shape index (κ2) is 8.99. The van der Waals surface area contributed by atoms with Gasteiger partial charge in [0.25, 0.3) is 5.91 Å². The van der Waals surface area contributed by atoms with Gasteiger partial charge in [-0.1, -0.05) is 12.1 Å². The molecule has 0 unspecified atom stereocenters. The molecular formula is C19H17FN4O2. The lowest BCUT2D eigenvalue weighted by Gasteiger charge is -2.07. The lowest BCUT2D eigenvalue weighted by molar-refractivity contribution is -0.114. The van der Waals surface area contributed by atoms with E-state index in [1.54, 1.807) is 36.4 Å². The van der Waals surface area contributed by atoms with Gasteiger partial charge in [-0.05, 0) is 42.0 Å². The van der Waals surface area contributed by atoms with Crippen LogP contribution in [0.5, 0.6) is 0 Å². The van der Waals surface area contributed by atoms with Crippen molar-refractivity contribution < 1.29 is 14.0 Å². The van der Waals surface area contributed by atoms with Gasteiger partial charge in [-0.25, -0.2) is 4.39 Å². The van der Waals surface area contributed by atoms with E-state index in [9.17, 15) is 14.0 Å². The van der Waals surface area contributed by atoms with Crippen molar-refractivity contribution in [2.24, 2.45) is 0 Å². The molecule has 0 bridgehead atoms. The number of halogens is 1. The third kappa shape index (κ3) is 5.76. The van der Waals surface area contributed by atoms with Crippen molar-refractivity contribution in [2.45, 2.75) is 13.5 Å². The molecule has 0 radical (unpaired) electrons. The van der Waals surface area contributed by atoms with Gasteiger partial charge in [0, 0.05) is 31.0 Å². The molecule has 0 aliphatic carbocycles. The van der Waals surface area contributed by atoms with E-state index in [4.69, 9.17) is 5.26 Å². The molecule has 7 heteroatoms. The molecule has 2 aromatic carbocycles. The summed E-state index contributed by atoms with van der Waals surface area (Å²) in [5.41, 5.74) is 1.65. The lowest BCUT2D eigenvalue weighted by atomic mass is 10.2. The molecule has 2 amide bonds. The predicted octanol–water partition coefficient (Wildman–Crippen LogP) is 2.92. The largest absolute Gasteiger partial charge is 0.386 e. The number of nitriles is 1. The average Bonchev–Trinajstić information content (AvgIpc) is 2.60. The number of carbonyl (C=O) groups excluding carboxylic acids is 2. The minimum Gasteiger partial charge on any atom is -0.386 e. The van der Waals surface area contributed by atoms with Gasteiger partial charge in [0.2, 0.25) is 5.91 Å². The first-order valence-electron chi connectivity index (χ1n) is 7.75. The van der Waals surface area contributed by atoms with Gasteiger partial charge in [-0.15, -0.1) is 0 Å². The van der Waals surface area contributed by atoms with E-state index < -0.39 is 5.91 Å². The molecular weight excluding hydrogens is 335 g/mol. The van der Waals surface area contributed by atoms with Crippen molar-refractivity contribution in [1.82, 2.24) is 5.32 Å². The highest BCUT2D eigenvalue weighted by Crippen LogP contribution is 2.14. The van der Waals surface area contributed by atoms with Gasteiger partial charge in [-0.3, -0.25) is 9.59 Å². The second-order valence-corrected chi connectivity index (χ2v) is 5.39. The molecule has 0 saturated heterocycles. The molecule has 6 nitrogen and oxygen atoms in total. The zero-order chi connectivity index (χ0) is 18.9. The topological polar surface area (TPSA) is 94.0 Å². The number of amides is 2. The molecule has 3 N–H and O–H groups in total. The summed E-state index contributed by atoms with van der Waals surface area (Å²) < 4.78 is 13.1. The number of nitrogens with one attached hydrogen (secondary N) is 3. The third-order valence-electron chi connectivity index (χ3n) is 3.27. The Bertz CT molecular complexity index is 870. The number of benzene rings is 2. The first-order valence-corrected chi connectivity index (χ1v) is 7.75. The first kappa shape index (κ1) is 18.7. The molecule has 0 fully saturated rings. The van der Waals surface area contributed by atoms with Crippen LogP contribution in [0.1, 0.15) is 12.5 Å². The molecule has 0 atom stereocenters. The van der Waals surface area contributed by atoms with Crippen molar-refractivity contribution in [3.8, 4) is 6.07 Å². The summed E-state index contributed by atoms with van der Waals surface area (Å²) in [6.45, 7) is 1.68. The van der Waals surface area contributed by atoms with Gasteiger partial charge >= 0.3 is 0 Å². The van der Waals surface area contributed by atoms with Crippen LogP contribution in [0.4, 0.5) is 15.8 Å². The minimum atomic E-state index is -0.577. The summed E-state index contributed by atoms with van der Waals surface area (Å²) in [5.74, 6) is -1.12. The van der Waals surface area contributed by atoms with Crippen LogP contribution in [0.15, 0.2) is 60.3 Å². The highest BCUT2D eigenvalue weighted by molar-refractivity contribution is 6.06. The molecule has 0 saturated carbocycles.